The van der Waals surface area contributed by atoms with Crippen LogP contribution in [0.25, 0.3) is 0 Å². The third-order valence-electron chi connectivity index (χ3n) is 3.29. The van der Waals surface area contributed by atoms with Crippen LogP contribution in [0.4, 0.5) is 0 Å². The van der Waals surface area contributed by atoms with E-state index in [1.54, 1.807) is 0 Å². The molecule has 0 spiro atoms. The smallest absolute Gasteiger partial charge is 0.329 e. The van der Waals surface area contributed by atoms with Gasteiger partial charge < -0.3 is 10.4 Å². The van der Waals surface area contributed by atoms with Gasteiger partial charge in [-0.3, -0.25) is 9.89 Å². The van der Waals surface area contributed by atoms with Crippen molar-refractivity contribution >= 4 is 11.9 Å². The zero-order valence-corrected chi connectivity index (χ0v) is 10.2. The summed E-state index contributed by atoms with van der Waals surface area (Å²) in [5, 5.41) is 18.2. The average Bonchev–Trinajstić information content (AvgIpc) is 2.97. The number of hydrogen-bond donors (Lipinski definition) is 3. The van der Waals surface area contributed by atoms with Gasteiger partial charge in [-0.25, -0.2) is 9.78 Å². The molecule has 1 aromatic rings. The summed E-state index contributed by atoms with van der Waals surface area (Å²) in [6.07, 6.45) is 3.17. The summed E-state index contributed by atoms with van der Waals surface area (Å²) in [5.41, 5.74) is -1.15. The molecule has 2 rings (SSSR count). The first kappa shape index (κ1) is 12.5. The van der Waals surface area contributed by atoms with Gasteiger partial charge in [0.1, 0.15) is 11.4 Å². The van der Waals surface area contributed by atoms with Gasteiger partial charge in [-0.05, 0) is 12.8 Å². The average molecular weight is 252 g/mol. The van der Waals surface area contributed by atoms with Crippen LogP contribution < -0.4 is 5.32 Å². The maximum absolute atomic E-state index is 11.9. The van der Waals surface area contributed by atoms with Gasteiger partial charge in [0.15, 0.2) is 0 Å². The minimum Gasteiger partial charge on any atom is -0.480 e. The van der Waals surface area contributed by atoms with Crippen LogP contribution in [-0.4, -0.2) is 37.7 Å². The summed E-state index contributed by atoms with van der Waals surface area (Å²) >= 11 is 0. The second-order valence-electron chi connectivity index (χ2n) is 4.51. The molecule has 18 heavy (non-hydrogen) atoms. The third-order valence-corrected chi connectivity index (χ3v) is 3.29. The molecular formula is C11H16N4O3. The Bertz CT molecular complexity index is 463. The Morgan fingerprint density at radius 1 is 1.44 bits per heavy atom. The van der Waals surface area contributed by atoms with Gasteiger partial charge in [-0.2, -0.15) is 0 Å². The molecule has 1 heterocycles. The van der Waals surface area contributed by atoms with E-state index in [0.29, 0.717) is 25.1 Å². The molecule has 0 atom stereocenters. The van der Waals surface area contributed by atoms with Crippen LogP contribution >= 0.6 is 0 Å². The first-order valence-corrected chi connectivity index (χ1v) is 6.04. The normalized spacial score (nSPS) is 17.6. The van der Waals surface area contributed by atoms with Crippen molar-refractivity contribution in [2.24, 2.45) is 0 Å². The van der Waals surface area contributed by atoms with E-state index in [1.165, 1.54) is 0 Å². The molecule has 0 saturated heterocycles. The number of carboxylic acids is 1. The lowest BCUT2D eigenvalue weighted by molar-refractivity contribution is -0.144. The SMILES string of the molecule is CCc1nc(C(=O)NC2(C(=O)O)CCCC2)n[nH]1. The summed E-state index contributed by atoms with van der Waals surface area (Å²) in [6.45, 7) is 1.89. The molecule has 1 amide bonds. The van der Waals surface area contributed by atoms with Crippen molar-refractivity contribution in [2.45, 2.75) is 44.6 Å². The molecule has 1 aliphatic carbocycles. The molecule has 98 valence electrons. The van der Waals surface area contributed by atoms with Gasteiger partial charge in [0.05, 0.1) is 0 Å². The third kappa shape index (κ3) is 2.20. The molecule has 1 aromatic heterocycles. The highest BCUT2D eigenvalue weighted by Crippen LogP contribution is 2.30. The highest BCUT2D eigenvalue weighted by molar-refractivity contribution is 5.95. The van der Waals surface area contributed by atoms with E-state index in [9.17, 15) is 14.7 Å². The van der Waals surface area contributed by atoms with Crippen LogP contribution in [0.2, 0.25) is 0 Å². The number of nitrogens with zero attached hydrogens (tertiary/aromatic N) is 2. The van der Waals surface area contributed by atoms with Crippen LogP contribution in [0.15, 0.2) is 0 Å². The lowest BCUT2D eigenvalue weighted by Crippen LogP contribution is -2.52. The summed E-state index contributed by atoms with van der Waals surface area (Å²) in [6, 6.07) is 0. The molecule has 1 fully saturated rings. The van der Waals surface area contributed by atoms with Crippen molar-refractivity contribution in [3.63, 3.8) is 0 Å². The number of aryl methyl sites for hydroxylation is 1. The lowest BCUT2D eigenvalue weighted by Gasteiger charge is -2.24. The monoisotopic (exact) mass is 252 g/mol. The molecule has 7 nitrogen and oxygen atoms in total. The molecule has 1 saturated carbocycles. The second kappa shape index (κ2) is 4.75. The Hall–Kier alpha value is -1.92. The fourth-order valence-corrected chi connectivity index (χ4v) is 2.20. The van der Waals surface area contributed by atoms with E-state index in [4.69, 9.17) is 0 Å². The van der Waals surface area contributed by atoms with Crippen LogP contribution in [-0.2, 0) is 11.2 Å². The van der Waals surface area contributed by atoms with E-state index in [-0.39, 0.29) is 5.82 Å². The van der Waals surface area contributed by atoms with Crippen molar-refractivity contribution in [1.29, 1.82) is 0 Å². The van der Waals surface area contributed by atoms with E-state index in [0.717, 1.165) is 12.8 Å². The number of aromatic nitrogens is 3. The maximum atomic E-state index is 11.9. The number of H-pyrrole nitrogens is 1. The number of rotatable bonds is 4. The minimum absolute atomic E-state index is 0.000579. The number of aromatic amines is 1. The van der Waals surface area contributed by atoms with E-state index >= 15 is 0 Å². The minimum atomic E-state index is -1.15. The molecular weight excluding hydrogens is 236 g/mol. The topological polar surface area (TPSA) is 108 Å². The Balaban J connectivity index is 2.12. The van der Waals surface area contributed by atoms with Crippen molar-refractivity contribution in [1.82, 2.24) is 20.5 Å². The predicted molar refractivity (Wildman–Crippen MR) is 62.1 cm³/mol. The highest BCUT2D eigenvalue weighted by atomic mass is 16.4. The lowest BCUT2D eigenvalue weighted by atomic mass is 9.98. The summed E-state index contributed by atoms with van der Waals surface area (Å²) in [4.78, 5) is 27.2. The second-order valence-corrected chi connectivity index (χ2v) is 4.51. The van der Waals surface area contributed by atoms with Crippen molar-refractivity contribution in [2.75, 3.05) is 0 Å². The zero-order valence-electron chi connectivity index (χ0n) is 10.2. The molecule has 3 N–H and O–H groups in total. The molecule has 0 bridgehead atoms. The number of amides is 1. The van der Waals surface area contributed by atoms with Gasteiger partial charge in [0, 0.05) is 6.42 Å². The Morgan fingerprint density at radius 3 is 2.61 bits per heavy atom. The summed E-state index contributed by atoms with van der Waals surface area (Å²) in [5.74, 6) is -0.912. The number of nitrogens with one attached hydrogen (secondary N) is 2. The molecule has 1 aliphatic rings. The van der Waals surface area contributed by atoms with Crippen molar-refractivity contribution < 1.29 is 14.7 Å². The van der Waals surface area contributed by atoms with Gasteiger partial charge >= 0.3 is 5.97 Å². The van der Waals surface area contributed by atoms with Crippen LogP contribution in [0.3, 0.4) is 0 Å². The number of hydrogen-bond acceptors (Lipinski definition) is 4. The molecule has 7 heteroatoms. The number of carbonyl (C=O) groups is 2. The quantitative estimate of drug-likeness (QED) is 0.723. The number of carbonyl (C=O) groups excluding carboxylic acids is 1. The van der Waals surface area contributed by atoms with Crippen LogP contribution in [0, 0.1) is 0 Å². The van der Waals surface area contributed by atoms with Crippen LogP contribution in [0.5, 0.6) is 0 Å². The molecule has 0 aromatic carbocycles. The fraction of sp³-hybridized carbons (Fsp3) is 0.636. The van der Waals surface area contributed by atoms with Gasteiger partial charge in [-0.1, -0.05) is 19.8 Å². The van der Waals surface area contributed by atoms with E-state index < -0.39 is 17.4 Å². The molecule has 0 aliphatic heterocycles. The number of aliphatic carboxylic acids is 1. The summed E-state index contributed by atoms with van der Waals surface area (Å²) in [7, 11) is 0. The Labute approximate surface area is 104 Å². The predicted octanol–water partition coefficient (Wildman–Crippen LogP) is 0.494. The van der Waals surface area contributed by atoms with Crippen LogP contribution in [0.1, 0.15) is 49.1 Å². The molecule has 0 radical (unpaired) electrons. The number of carboxylic acid groups (broad SMARTS) is 1. The van der Waals surface area contributed by atoms with Gasteiger partial charge in [-0.15, -0.1) is 5.10 Å². The summed E-state index contributed by atoms with van der Waals surface area (Å²) < 4.78 is 0. The fourth-order valence-electron chi connectivity index (χ4n) is 2.20. The van der Waals surface area contributed by atoms with Gasteiger partial charge in [0.2, 0.25) is 5.82 Å². The largest absolute Gasteiger partial charge is 0.480 e. The first-order chi connectivity index (χ1) is 8.57. The zero-order chi connectivity index (χ0) is 13.2. The van der Waals surface area contributed by atoms with Gasteiger partial charge in [0.25, 0.3) is 5.91 Å². The highest BCUT2D eigenvalue weighted by Gasteiger charge is 2.43. The first-order valence-electron chi connectivity index (χ1n) is 6.04. The van der Waals surface area contributed by atoms with Crippen molar-refractivity contribution in [3.05, 3.63) is 11.6 Å². The Morgan fingerprint density at radius 2 is 2.11 bits per heavy atom. The van der Waals surface area contributed by atoms with Crippen molar-refractivity contribution in [3.8, 4) is 0 Å². The van der Waals surface area contributed by atoms with E-state index in [2.05, 4.69) is 20.5 Å². The standard InChI is InChI=1S/C11H16N4O3/c1-2-7-12-8(15-14-7)9(16)13-11(10(17)18)5-3-4-6-11/h2-6H2,1H3,(H,13,16)(H,17,18)(H,12,14,15). The Kier molecular flexibility index (Phi) is 3.31. The maximum Gasteiger partial charge on any atom is 0.329 e. The van der Waals surface area contributed by atoms with E-state index in [1.807, 2.05) is 6.92 Å². The molecule has 0 unspecified atom stereocenters.